The number of hydrogen-bond acceptors (Lipinski definition) is 3. The second kappa shape index (κ2) is 8.12. The Kier molecular flexibility index (Phi) is 6.80. The summed E-state index contributed by atoms with van der Waals surface area (Å²) in [6, 6.07) is 4.92. The lowest BCUT2D eigenvalue weighted by atomic mass is 10.1. The van der Waals surface area contributed by atoms with Gasteiger partial charge in [-0.05, 0) is 37.5 Å². The van der Waals surface area contributed by atoms with E-state index in [9.17, 15) is 12.8 Å². The minimum Gasteiger partial charge on any atom is -0.354 e. The average Bonchev–Trinajstić information content (AvgIpc) is 2.44. The number of rotatable bonds is 6. The second-order valence-corrected chi connectivity index (χ2v) is 7.73. The Morgan fingerprint density at radius 3 is 2.64 bits per heavy atom. The van der Waals surface area contributed by atoms with Crippen molar-refractivity contribution < 1.29 is 12.8 Å². The average molecular weight is 329 g/mol. The highest BCUT2D eigenvalue weighted by molar-refractivity contribution is 7.90. The maximum Gasteiger partial charge on any atom is 0.191 e. The summed E-state index contributed by atoms with van der Waals surface area (Å²) >= 11 is 0. The minimum absolute atomic E-state index is 0.0177. The second-order valence-electron chi connectivity index (χ2n) is 5.47. The van der Waals surface area contributed by atoms with Crippen molar-refractivity contribution in [3.8, 4) is 0 Å². The van der Waals surface area contributed by atoms with Crippen LogP contribution < -0.4 is 10.6 Å². The lowest BCUT2D eigenvalue weighted by Crippen LogP contribution is -2.42. The van der Waals surface area contributed by atoms with E-state index in [1.165, 1.54) is 12.3 Å². The lowest BCUT2D eigenvalue weighted by molar-refractivity contribution is 0.581. The molecule has 0 spiro atoms. The summed E-state index contributed by atoms with van der Waals surface area (Å²) in [6.07, 6.45) is 1.73. The Morgan fingerprint density at radius 1 is 1.41 bits per heavy atom. The molecule has 0 amide bonds. The van der Waals surface area contributed by atoms with Crippen molar-refractivity contribution >= 4 is 15.8 Å². The fourth-order valence-corrected chi connectivity index (χ4v) is 2.68. The van der Waals surface area contributed by atoms with Crippen LogP contribution in [0.25, 0.3) is 0 Å². The highest BCUT2D eigenvalue weighted by Crippen LogP contribution is 2.08. The van der Waals surface area contributed by atoms with E-state index >= 15 is 0 Å². The summed E-state index contributed by atoms with van der Waals surface area (Å²) in [7, 11) is -1.31. The Balaban J connectivity index is 2.50. The van der Waals surface area contributed by atoms with Gasteiger partial charge in [-0.3, -0.25) is 4.99 Å². The van der Waals surface area contributed by atoms with Crippen molar-refractivity contribution in [1.82, 2.24) is 10.6 Å². The molecule has 0 saturated heterocycles. The van der Waals surface area contributed by atoms with Gasteiger partial charge in [0, 0.05) is 25.9 Å². The molecule has 0 fully saturated rings. The van der Waals surface area contributed by atoms with Crippen molar-refractivity contribution in [2.45, 2.75) is 32.9 Å². The van der Waals surface area contributed by atoms with E-state index in [1.807, 2.05) is 6.92 Å². The summed E-state index contributed by atoms with van der Waals surface area (Å²) < 4.78 is 35.5. The zero-order valence-electron chi connectivity index (χ0n) is 13.5. The molecule has 7 heteroatoms. The quantitative estimate of drug-likeness (QED) is 0.615. The standard InChI is InChI=1S/C15H24FN3O2S/c1-11-9-13(5-6-14(11)16)10-18-15(17-3)19-12(2)7-8-22(4,20)21/h5-6,9,12H,7-8,10H2,1-4H3,(H2,17,18,19). The number of halogens is 1. The molecule has 0 aromatic heterocycles. The number of aliphatic imine (C=N–C) groups is 1. The monoisotopic (exact) mass is 329 g/mol. The molecule has 1 unspecified atom stereocenters. The molecule has 0 bridgehead atoms. The third-order valence-electron chi connectivity index (χ3n) is 3.21. The summed E-state index contributed by atoms with van der Waals surface area (Å²) in [6.45, 7) is 4.14. The van der Waals surface area contributed by atoms with Gasteiger partial charge in [0.1, 0.15) is 15.7 Å². The van der Waals surface area contributed by atoms with Gasteiger partial charge in [-0.25, -0.2) is 12.8 Å². The summed E-state index contributed by atoms with van der Waals surface area (Å²) in [4.78, 5) is 4.10. The molecule has 0 radical (unpaired) electrons. The first kappa shape index (κ1) is 18.4. The van der Waals surface area contributed by atoms with Crippen molar-refractivity contribution in [2.24, 2.45) is 4.99 Å². The number of nitrogens with zero attached hydrogens (tertiary/aromatic N) is 1. The largest absolute Gasteiger partial charge is 0.354 e. The van der Waals surface area contributed by atoms with Gasteiger partial charge in [-0.1, -0.05) is 12.1 Å². The number of sulfone groups is 1. The third-order valence-corrected chi connectivity index (χ3v) is 4.19. The zero-order chi connectivity index (χ0) is 16.8. The van der Waals surface area contributed by atoms with Crippen LogP contribution in [0.1, 0.15) is 24.5 Å². The maximum atomic E-state index is 13.2. The fourth-order valence-electron chi connectivity index (χ4n) is 1.89. The zero-order valence-corrected chi connectivity index (χ0v) is 14.3. The molecule has 0 aliphatic heterocycles. The molecular weight excluding hydrogens is 305 g/mol. The molecule has 22 heavy (non-hydrogen) atoms. The van der Waals surface area contributed by atoms with Crippen molar-refractivity contribution in [3.63, 3.8) is 0 Å². The van der Waals surface area contributed by atoms with Gasteiger partial charge in [0.25, 0.3) is 0 Å². The Labute approximate surface area is 132 Å². The molecule has 1 aromatic rings. The Morgan fingerprint density at radius 2 is 2.09 bits per heavy atom. The SMILES string of the molecule is CN=C(NCc1ccc(F)c(C)c1)NC(C)CCS(C)(=O)=O. The smallest absolute Gasteiger partial charge is 0.191 e. The Bertz CT molecular complexity index is 630. The molecule has 0 aliphatic carbocycles. The van der Waals surface area contributed by atoms with Crippen molar-refractivity contribution in [2.75, 3.05) is 19.1 Å². The van der Waals surface area contributed by atoms with Crippen LogP contribution in [0.15, 0.2) is 23.2 Å². The van der Waals surface area contributed by atoms with Crippen LogP contribution in [0.3, 0.4) is 0 Å². The molecule has 0 heterocycles. The molecule has 0 saturated carbocycles. The van der Waals surface area contributed by atoms with Crippen LogP contribution in [0, 0.1) is 12.7 Å². The van der Waals surface area contributed by atoms with Crippen LogP contribution in [0.4, 0.5) is 4.39 Å². The van der Waals surface area contributed by atoms with Crippen LogP contribution in [0.2, 0.25) is 0 Å². The topological polar surface area (TPSA) is 70.6 Å². The van der Waals surface area contributed by atoms with Crippen LogP contribution in [-0.4, -0.2) is 39.5 Å². The molecule has 1 aromatic carbocycles. The van der Waals surface area contributed by atoms with Crippen molar-refractivity contribution in [1.29, 1.82) is 0 Å². The lowest BCUT2D eigenvalue weighted by Gasteiger charge is -2.17. The number of benzene rings is 1. The van der Waals surface area contributed by atoms with Crippen LogP contribution in [-0.2, 0) is 16.4 Å². The summed E-state index contributed by atoms with van der Waals surface area (Å²) in [5, 5.41) is 6.26. The maximum absolute atomic E-state index is 13.2. The number of guanidine groups is 1. The van der Waals surface area contributed by atoms with Crippen LogP contribution in [0.5, 0.6) is 0 Å². The summed E-state index contributed by atoms with van der Waals surface area (Å²) in [5.41, 5.74) is 1.55. The molecule has 2 N–H and O–H groups in total. The van der Waals surface area contributed by atoms with E-state index in [2.05, 4.69) is 15.6 Å². The molecular formula is C15H24FN3O2S. The number of nitrogens with one attached hydrogen (secondary N) is 2. The molecule has 1 atom stereocenters. The van der Waals surface area contributed by atoms with E-state index in [4.69, 9.17) is 0 Å². The third kappa shape index (κ3) is 6.89. The molecule has 5 nitrogen and oxygen atoms in total. The normalized spacial score (nSPS) is 13.8. The first-order chi connectivity index (χ1) is 10.2. The molecule has 1 rings (SSSR count). The van der Waals surface area contributed by atoms with Crippen molar-refractivity contribution in [3.05, 3.63) is 35.1 Å². The fraction of sp³-hybridized carbons (Fsp3) is 0.533. The van der Waals surface area contributed by atoms with Gasteiger partial charge in [-0.15, -0.1) is 0 Å². The van der Waals surface area contributed by atoms with E-state index in [0.29, 0.717) is 24.5 Å². The van der Waals surface area contributed by atoms with Gasteiger partial charge in [0.05, 0.1) is 5.75 Å². The van der Waals surface area contributed by atoms with Crippen LogP contribution >= 0.6 is 0 Å². The van der Waals surface area contributed by atoms with Gasteiger partial charge >= 0.3 is 0 Å². The van der Waals surface area contributed by atoms with E-state index < -0.39 is 9.84 Å². The first-order valence-corrected chi connectivity index (χ1v) is 9.17. The Hall–Kier alpha value is -1.63. The van der Waals surface area contributed by atoms with E-state index in [0.717, 1.165) is 5.56 Å². The highest BCUT2D eigenvalue weighted by Gasteiger charge is 2.09. The van der Waals surface area contributed by atoms with E-state index in [1.54, 1.807) is 26.1 Å². The predicted molar refractivity (Wildman–Crippen MR) is 88.3 cm³/mol. The first-order valence-electron chi connectivity index (χ1n) is 7.11. The van der Waals surface area contributed by atoms with Gasteiger partial charge < -0.3 is 10.6 Å². The minimum atomic E-state index is -2.96. The molecule has 0 aliphatic rings. The number of aryl methyl sites for hydroxylation is 1. The summed E-state index contributed by atoms with van der Waals surface area (Å²) in [5.74, 6) is 0.499. The highest BCUT2D eigenvalue weighted by atomic mass is 32.2. The predicted octanol–water partition coefficient (Wildman–Crippen LogP) is 1.62. The van der Waals surface area contributed by atoms with Gasteiger partial charge in [-0.2, -0.15) is 0 Å². The number of hydrogen-bond donors (Lipinski definition) is 2. The van der Waals surface area contributed by atoms with E-state index in [-0.39, 0.29) is 17.6 Å². The van der Waals surface area contributed by atoms with Gasteiger partial charge in [0.2, 0.25) is 0 Å². The van der Waals surface area contributed by atoms with Gasteiger partial charge in [0.15, 0.2) is 5.96 Å². The molecule has 124 valence electrons.